The molecule has 1 unspecified atom stereocenters. The predicted octanol–water partition coefficient (Wildman–Crippen LogP) is -0.00210. The Morgan fingerprint density at radius 3 is 2.74 bits per heavy atom. The molecule has 2 aliphatic heterocycles. The molecule has 2 saturated heterocycles. The molecule has 1 N–H and O–H groups in total. The average Bonchev–Trinajstić information content (AvgIpc) is 3.09. The minimum Gasteiger partial charge on any atom is -0.383 e. The fraction of sp³-hybridized carbons (Fsp3) is 0.611. The number of carbonyl (C=O) groups excluding carboxylic acids is 1. The van der Waals surface area contributed by atoms with Gasteiger partial charge in [-0.15, -0.1) is 0 Å². The van der Waals surface area contributed by atoms with E-state index in [2.05, 4.69) is 9.62 Å². The van der Waals surface area contributed by atoms with Crippen molar-refractivity contribution in [2.75, 3.05) is 53.5 Å². The summed E-state index contributed by atoms with van der Waals surface area (Å²) < 4.78 is 33.6. The van der Waals surface area contributed by atoms with Crippen molar-refractivity contribution < 1.29 is 17.9 Å². The molecule has 0 radical (unpaired) electrons. The molecule has 2 fully saturated rings. The molecule has 150 valence electrons. The third-order valence-electron chi connectivity index (χ3n) is 5.36. The summed E-state index contributed by atoms with van der Waals surface area (Å²) in [6.45, 7) is 3.13. The Bertz CT molecular complexity index is 743. The number of methoxy groups -OCH3 is 1. The highest BCUT2D eigenvalue weighted by atomic mass is 32.2. The summed E-state index contributed by atoms with van der Waals surface area (Å²) in [5.74, 6) is 0.0206. The zero-order valence-electron chi connectivity index (χ0n) is 15.9. The van der Waals surface area contributed by atoms with E-state index in [4.69, 9.17) is 4.74 Å². The molecule has 0 aliphatic carbocycles. The Kier molecular flexibility index (Phi) is 6.48. The standard InChI is InChI=1S/C18H28N4O4S/c1-20(10-11-26-2)27(24,25)19-12-17-14-22(16-8-9-21(17)13-16)18(23)15-6-4-3-5-7-15/h3-7,16-17,19H,8-14H2,1-2H3/t16-,17-/m0/s1. The van der Waals surface area contributed by atoms with Crippen molar-refractivity contribution in [1.82, 2.24) is 18.8 Å². The lowest BCUT2D eigenvalue weighted by molar-refractivity contribution is 0.0502. The smallest absolute Gasteiger partial charge is 0.279 e. The van der Waals surface area contributed by atoms with Gasteiger partial charge in [-0.2, -0.15) is 12.7 Å². The van der Waals surface area contributed by atoms with Crippen LogP contribution in [0.1, 0.15) is 16.8 Å². The Morgan fingerprint density at radius 2 is 2.04 bits per heavy atom. The zero-order valence-corrected chi connectivity index (χ0v) is 16.7. The molecule has 0 aromatic heterocycles. The number of hydrogen-bond acceptors (Lipinski definition) is 5. The molecule has 8 nitrogen and oxygen atoms in total. The van der Waals surface area contributed by atoms with Crippen molar-refractivity contribution in [3.05, 3.63) is 35.9 Å². The number of likely N-dealkylation sites (N-methyl/N-ethyl adjacent to an activating group) is 1. The minimum absolute atomic E-state index is 0.0206. The predicted molar refractivity (Wildman–Crippen MR) is 103 cm³/mol. The fourth-order valence-electron chi connectivity index (χ4n) is 3.69. The first kappa shape index (κ1) is 20.2. The Balaban J connectivity index is 1.64. The average molecular weight is 397 g/mol. The van der Waals surface area contributed by atoms with Crippen LogP contribution in [0.4, 0.5) is 0 Å². The van der Waals surface area contributed by atoms with Gasteiger partial charge in [-0.3, -0.25) is 9.69 Å². The van der Waals surface area contributed by atoms with E-state index in [1.807, 2.05) is 35.2 Å². The molecular formula is C18H28N4O4S. The van der Waals surface area contributed by atoms with Crippen molar-refractivity contribution in [3.63, 3.8) is 0 Å². The molecule has 27 heavy (non-hydrogen) atoms. The molecule has 0 saturated carbocycles. The number of carbonyl (C=O) groups is 1. The second kappa shape index (κ2) is 8.66. The Labute approximate surface area is 161 Å². The maximum Gasteiger partial charge on any atom is 0.279 e. The van der Waals surface area contributed by atoms with E-state index in [0.717, 1.165) is 19.5 Å². The van der Waals surface area contributed by atoms with Crippen LogP contribution in [0.15, 0.2) is 30.3 Å². The lowest BCUT2D eigenvalue weighted by atomic mass is 10.1. The quantitative estimate of drug-likeness (QED) is 0.669. The van der Waals surface area contributed by atoms with Crippen LogP contribution in [0.3, 0.4) is 0 Å². The highest BCUT2D eigenvalue weighted by molar-refractivity contribution is 7.87. The summed E-state index contributed by atoms with van der Waals surface area (Å²) in [5, 5.41) is 0. The SMILES string of the molecule is COCCN(C)S(=O)(=O)NC[C@H]1CN(C(=O)c2ccccc2)[C@H]2CCN1C2. The van der Waals surface area contributed by atoms with Gasteiger partial charge in [0.1, 0.15) is 0 Å². The van der Waals surface area contributed by atoms with Crippen molar-refractivity contribution in [3.8, 4) is 0 Å². The van der Waals surface area contributed by atoms with E-state index in [1.165, 1.54) is 18.5 Å². The van der Waals surface area contributed by atoms with E-state index in [0.29, 0.717) is 25.3 Å². The monoisotopic (exact) mass is 396 g/mol. The van der Waals surface area contributed by atoms with Crippen LogP contribution in [0.5, 0.6) is 0 Å². The maximum atomic E-state index is 12.9. The van der Waals surface area contributed by atoms with Crippen LogP contribution >= 0.6 is 0 Å². The highest BCUT2D eigenvalue weighted by Gasteiger charge is 2.41. The molecule has 2 heterocycles. The Morgan fingerprint density at radius 1 is 1.30 bits per heavy atom. The van der Waals surface area contributed by atoms with Crippen molar-refractivity contribution in [2.45, 2.75) is 18.5 Å². The van der Waals surface area contributed by atoms with Crippen molar-refractivity contribution in [1.29, 1.82) is 0 Å². The molecule has 0 spiro atoms. The van der Waals surface area contributed by atoms with Gasteiger partial charge in [0.15, 0.2) is 0 Å². The molecular weight excluding hydrogens is 368 g/mol. The number of piperazine rings is 1. The molecule has 3 atom stereocenters. The molecule has 2 aliphatic rings. The summed E-state index contributed by atoms with van der Waals surface area (Å²) in [5.41, 5.74) is 0.677. The van der Waals surface area contributed by atoms with Crippen molar-refractivity contribution in [2.24, 2.45) is 0 Å². The van der Waals surface area contributed by atoms with Crippen molar-refractivity contribution >= 4 is 16.1 Å². The van der Waals surface area contributed by atoms with Crippen LogP contribution in [0, 0.1) is 0 Å². The number of fused-ring (bicyclic) bond motifs is 2. The second-order valence-electron chi connectivity index (χ2n) is 7.08. The number of nitrogens with zero attached hydrogens (tertiary/aromatic N) is 3. The Hall–Kier alpha value is -1.52. The molecule has 9 heteroatoms. The van der Waals surface area contributed by atoms with Crippen LogP contribution in [-0.2, 0) is 14.9 Å². The van der Waals surface area contributed by atoms with E-state index < -0.39 is 10.2 Å². The fourth-order valence-corrected chi connectivity index (χ4v) is 4.62. The van der Waals surface area contributed by atoms with Crippen LogP contribution < -0.4 is 4.72 Å². The lowest BCUT2D eigenvalue weighted by Gasteiger charge is -2.40. The van der Waals surface area contributed by atoms with Gasteiger partial charge < -0.3 is 9.64 Å². The van der Waals surface area contributed by atoms with E-state index >= 15 is 0 Å². The number of hydrogen-bond donors (Lipinski definition) is 1. The minimum atomic E-state index is -3.57. The van der Waals surface area contributed by atoms with Gasteiger partial charge in [0, 0.05) is 64.5 Å². The number of nitrogens with one attached hydrogen (secondary N) is 1. The zero-order chi connectivity index (χ0) is 19.4. The van der Waals surface area contributed by atoms with Gasteiger partial charge in [-0.25, -0.2) is 4.72 Å². The highest BCUT2D eigenvalue weighted by Crippen LogP contribution is 2.26. The van der Waals surface area contributed by atoms with Gasteiger partial charge in [-0.05, 0) is 18.6 Å². The number of benzene rings is 1. The summed E-state index contributed by atoms with van der Waals surface area (Å²) in [4.78, 5) is 17.1. The summed E-state index contributed by atoms with van der Waals surface area (Å²) in [6.07, 6.45) is 0.926. The first-order chi connectivity index (χ1) is 12.9. The number of rotatable bonds is 8. The summed E-state index contributed by atoms with van der Waals surface area (Å²) in [7, 11) is -0.500. The molecule has 1 aromatic rings. The first-order valence-electron chi connectivity index (χ1n) is 9.22. The molecule has 2 bridgehead atoms. The lowest BCUT2D eigenvalue weighted by Crippen LogP contribution is -2.58. The van der Waals surface area contributed by atoms with Crippen LogP contribution in [-0.4, -0.2) is 94.0 Å². The van der Waals surface area contributed by atoms with Crippen LogP contribution in [0.25, 0.3) is 0 Å². The third-order valence-corrected chi connectivity index (χ3v) is 6.90. The topological polar surface area (TPSA) is 82.2 Å². The van der Waals surface area contributed by atoms with Crippen LogP contribution in [0.2, 0.25) is 0 Å². The second-order valence-corrected chi connectivity index (χ2v) is 8.94. The molecule has 3 rings (SSSR count). The van der Waals surface area contributed by atoms with Gasteiger partial charge in [-0.1, -0.05) is 18.2 Å². The number of ether oxygens (including phenoxy) is 1. The largest absolute Gasteiger partial charge is 0.383 e. The van der Waals surface area contributed by atoms with Gasteiger partial charge >= 0.3 is 0 Å². The summed E-state index contributed by atoms with van der Waals surface area (Å²) >= 11 is 0. The molecule has 1 amide bonds. The third kappa shape index (κ3) is 4.67. The maximum absolute atomic E-state index is 12.9. The van der Waals surface area contributed by atoms with Gasteiger partial charge in [0.25, 0.3) is 16.1 Å². The van der Waals surface area contributed by atoms with Gasteiger partial charge in [0.2, 0.25) is 0 Å². The normalized spacial score (nSPS) is 25.1. The molecule has 1 aromatic carbocycles. The van der Waals surface area contributed by atoms with E-state index in [9.17, 15) is 13.2 Å². The van der Waals surface area contributed by atoms with Gasteiger partial charge in [0.05, 0.1) is 6.61 Å². The van der Waals surface area contributed by atoms with E-state index in [1.54, 1.807) is 0 Å². The first-order valence-corrected chi connectivity index (χ1v) is 10.7. The number of amides is 1. The summed E-state index contributed by atoms with van der Waals surface area (Å²) in [6, 6.07) is 9.44. The van der Waals surface area contributed by atoms with E-state index in [-0.39, 0.29) is 24.5 Å².